The number of aromatic amines is 1. The smallest absolute Gasteiger partial charge is 0.232 e. The second-order valence-corrected chi connectivity index (χ2v) is 11.3. The van der Waals surface area contributed by atoms with Gasteiger partial charge in [0.15, 0.2) is 11.6 Å². The van der Waals surface area contributed by atoms with E-state index >= 15 is 4.39 Å². The zero-order valence-electron chi connectivity index (χ0n) is 24.2. The summed E-state index contributed by atoms with van der Waals surface area (Å²) in [4.78, 5) is 16.5. The first kappa shape index (κ1) is 31.6. The number of aromatic nitrogens is 4. The van der Waals surface area contributed by atoms with Gasteiger partial charge in [0.1, 0.15) is 22.7 Å². The van der Waals surface area contributed by atoms with Crippen molar-refractivity contribution in [1.29, 1.82) is 0 Å². The van der Waals surface area contributed by atoms with Gasteiger partial charge < -0.3 is 20.2 Å². The van der Waals surface area contributed by atoms with E-state index in [-0.39, 0.29) is 23.5 Å². The number of fused-ring (bicyclic) bond motifs is 2. The van der Waals surface area contributed by atoms with E-state index in [0.29, 0.717) is 33.6 Å². The molecule has 4 N–H and O–H groups in total. The summed E-state index contributed by atoms with van der Waals surface area (Å²) in [7, 11) is -2.46. The number of benzene rings is 2. The zero-order valence-corrected chi connectivity index (χ0v) is 25.0. The van der Waals surface area contributed by atoms with Crippen molar-refractivity contribution in [3.05, 3.63) is 60.7 Å². The number of anilines is 2. The number of rotatable bonds is 11. The highest BCUT2D eigenvalue weighted by Crippen LogP contribution is 2.37. The molecule has 0 saturated carbocycles. The number of nitrogen functional groups attached to an aromatic ring is 1. The molecule has 0 amide bonds. The molecule has 0 bridgehead atoms. The molecule has 0 atom stereocenters. The maximum absolute atomic E-state index is 15.4. The van der Waals surface area contributed by atoms with Gasteiger partial charge in [0.2, 0.25) is 10.0 Å². The van der Waals surface area contributed by atoms with Crippen LogP contribution in [0.5, 0.6) is 5.75 Å². The lowest BCUT2D eigenvalue weighted by molar-refractivity contribution is 0.148. The first-order valence-corrected chi connectivity index (χ1v) is 15.4. The quantitative estimate of drug-likeness (QED) is 0.152. The summed E-state index contributed by atoms with van der Waals surface area (Å²) >= 11 is 0. The molecule has 10 nitrogen and oxygen atoms in total. The third-order valence-corrected chi connectivity index (χ3v) is 7.70. The Morgan fingerprint density at radius 3 is 2.60 bits per heavy atom. The summed E-state index contributed by atoms with van der Waals surface area (Å²) in [5.41, 5.74) is 8.36. The van der Waals surface area contributed by atoms with Crippen molar-refractivity contribution < 1.29 is 26.7 Å². The number of hydrogen-bond acceptors (Lipinski definition) is 8. The average Bonchev–Trinajstić information content (AvgIpc) is 3.48. The van der Waals surface area contributed by atoms with E-state index in [4.69, 9.17) is 15.2 Å². The monoisotopic (exact) mass is 612 g/mol. The number of sulfonamides is 1. The maximum Gasteiger partial charge on any atom is 0.232 e. The number of nitrogens with zero attached hydrogens (tertiary/aromatic N) is 3. The molecule has 0 aliphatic heterocycles. The number of pyridine rings is 1. The second kappa shape index (κ2) is 14.2. The molecule has 228 valence electrons. The number of halogens is 2. The normalized spacial score (nSPS) is 11.4. The summed E-state index contributed by atoms with van der Waals surface area (Å²) in [6, 6.07) is 11.3. The van der Waals surface area contributed by atoms with Crippen molar-refractivity contribution in [2.75, 3.05) is 43.2 Å². The number of nitrogens with two attached hydrogens (primary N) is 1. The van der Waals surface area contributed by atoms with Gasteiger partial charge in [0.25, 0.3) is 0 Å². The summed E-state index contributed by atoms with van der Waals surface area (Å²) in [6.07, 6.45) is 4.36. The topological polar surface area (TPSA) is 145 Å². The van der Waals surface area contributed by atoms with E-state index in [1.54, 1.807) is 24.5 Å². The highest BCUT2D eigenvalue weighted by atomic mass is 32.2. The van der Waals surface area contributed by atoms with Gasteiger partial charge >= 0.3 is 0 Å². The molecular weight excluding hydrogens is 578 g/mol. The van der Waals surface area contributed by atoms with Crippen LogP contribution in [0.1, 0.15) is 26.7 Å². The van der Waals surface area contributed by atoms with Crippen molar-refractivity contribution in [3.63, 3.8) is 0 Å². The minimum Gasteiger partial charge on any atom is -0.494 e. The van der Waals surface area contributed by atoms with Crippen LogP contribution in [-0.2, 0) is 14.8 Å². The van der Waals surface area contributed by atoms with Crippen molar-refractivity contribution in [2.45, 2.75) is 26.7 Å². The Balaban J connectivity index is 0.000000641. The lowest BCUT2D eigenvalue weighted by Gasteiger charge is -2.14. The molecule has 0 unspecified atom stereocenters. The number of methoxy groups -OCH3 is 1. The molecule has 0 spiro atoms. The number of hydrogen-bond donors (Lipinski definition) is 3. The summed E-state index contributed by atoms with van der Waals surface area (Å²) < 4.78 is 64.9. The molecule has 2 aromatic carbocycles. The molecule has 5 aromatic rings. The van der Waals surface area contributed by atoms with Crippen LogP contribution in [0.4, 0.5) is 20.3 Å². The number of ether oxygens (including phenoxy) is 2. The van der Waals surface area contributed by atoms with E-state index < -0.39 is 28.3 Å². The Morgan fingerprint density at radius 1 is 1.09 bits per heavy atom. The number of alkyl halides is 1. The average molecular weight is 613 g/mol. The SMILES string of the molecule is CCCOCC.COc1cc(-c2cccc(NS(=O)(=O)CCCF)c2F)cc2c(N)nc(-c3cnc4[nH]ccc4c3)nc12. The fourth-order valence-electron chi connectivity index (χ4n) is 4.31. The summed E-state index contributed by atoms with van der Waals surface area (Å²) in [6.45, 7) is 5.10. The van der Waals surface area contributed by atoms with Gasteiger partial charge in [-0.2, -0.15) is 0 Å². The molecule has 13 heteroatoms. The number of H-pyrrole nitrogens is 1. The zero-order chi connectivity index (χ0) is 31.0. The fraction of sp³-hybridized carbons (Fsp3) is 0.300. The van der Waals surface area contributed by atoms with Crippen molar-refractivity contribution >= 4 is 43.5 Å². The molecule has 0 radical (unpaired) electrons. The van der Waals surface area contributed by atoms with Crippen molar-refractivity contribution in [2.24, 2.45) is 0 Å². The highest BCUT2D eigenvalue weighted by Gasteiger charge is 2.19. The molecule has 0 saturated heterocycles. The minimum absolute atomic E-state index is 0.108. The van der Waals surface area contributed by atoms with Crippen LogP contribution in [0.2, 0.25) is 0 Å². The standard InChI is InChI=1S/C25H22F2N6O3S.C5H12O/c1-36-20-12-15(17-4-2-5-19(21(17)27)33-37(34,35)9-3-7-26)11-18-22(20)31-25(32-23(18)28)16-10-14-6-8-29-24(14)30-13-16;1-3-5-6-4-2/h2,4-6,8,10-13,33H,3,7,9H2,1H3,(H,29,30)(H2,28,31,32);3-5H2,1-2H3. The van der Waals surface area contributed by atoms with Gasteiger partial charge in [-0.15, -0.1) is 0 Å². The van der Waals surface area contributed by atoms with Crippen LogP contribution in [0.25, 0.3) is 44.5 Å². The predicted molar refractivity (Wildman–Crippen MR) is 166 cm³/mol. The first-order chi connectivity index (χ1) is 20.7. The molecule has 0 fully saturated rings. The lowest BCUT2D eigenvalue weighted by Crippen LogP contribution is -2.18. The van der Waals surface area contributed by atoms with E-state index in [9.17, 15) is 12.8 Å². The molecule has 0 aliphatic carbocycles. The lowest BCUT2D eigenvalue weighted by atomic mass is 10.0. The molecular formula is C30H34F2N6O4S. The van der Waals surface area contributed by atoms with E-state index in [0.717, 1.165) is 30.7 Å². The summed E-state index contributed by atoms with van der Waals surface area (Å²) in [5.74, 6) is -0.429. The van der Waals surface area contributed by atoms with Crippen LogP contribution < -0.4 is 15.2 Å². The largest absolute Gasteiger partial charge is 0.494 e. The molecule has 3 aromatic heterocycles. The molecule has 43 heavy (non-hydrogen) atoms. The summed E-state index contributed by atoms with van der Waals surface area (Å²) in [5, 5.41) is 1.32. The Morgan fingerprint density at radius 2 is 1.91 bits per heavy atom. The number of nitrogens with one attached hydrogen (secondary N) is 2. The third kappa shape index (κ3) is 7.54. The highest BCUT2D eigenvalue weighted by molar-refractivity contribution is 7.92. The van der Waals surface area contributed by atoms with Gasteiger partial charge in [-0.05, 0) is 55.7 Å². The van der Waals surface area contributed by atoms with Crippen LogP contribution in [0, 0.1) is 5.82 Å². The van der Waals surface area contributed by atoms with Crippen LogP contribution in [0.15, 0.2) is 54.9 Å². The van der Waals surface area contributed by atoms with Gasteiger partial charge in [-0.1, -0.05) is 19.1 Å². The molecule has 0 aliphatic rings. The van der Waals surface area contributed by atoms with E-state index in [2.05, 4.69) is 31.6 Å². The van der Waals surface area contributed by atoms with Gasteiger partial charge in [-0.25, -0.2) is 27.8 Å². The van der Waals surface area contributed by atoms with Crippen LogP contribution in [-0.4, -0.2) is 61.1 Å². The van der Waals surface area contributed by atoms with Gasteiger partial charge in [0.05, 0.1) is 25.2 Å². The van der Waals surface area contributed by atoms with E-state index in [1.165, 1.54) is 25.3 Å². The van der Waals surface area contributed by atoms with Crippen LogP contribution >= 0.6 is 0 Å². The van der Waals surface area contributed by atoms with Gasteiger partial charge in [0, 0.05) is 47.5 Å². The fourth-order valence-corrected chi connectivity index (χ4v) is 5.40. The Hall–Kier alpha value is -4.36. The second-order valence-electron chi connectivity index (χ2n) is 9.47. The first-order valence-electron chi connectivity index (χ1n) is 13.7. The molecule has 3 heterocycles. The van der Waals surface area contributed by atoms with E-state index in [1.807, 2.05) is 19.1 Å². The predicted octanol–water partition coefficient (Wildman–Crippen LogP) is 6.10. The molecule has 5 rings (SSSR count). The Labute approximate surface area is 248 Å². The third-order valence-electron chi connectivity index (χ3n) is 6.35. The van der Waals surface area contributed by atoms with Crippen LogP contribution in [0.3, 0.4) is 0 Å². The van der Waals surface area contributed by atoms with Crippen molar-refractivity contribution in [1.82, 2.24) is 19.9 Å². The minimum atomic E-state index is -3.92. The van der Waals surface area contributed by atoms with Crippen molar-refractivity contribution in [3.8, 4) is 28.3 Å². The Bertz CT molecular complexity index is 1810. The maximum atomic E-state index is 15.4. The Kier molecular flexibility index (Phi) is 10.4. The van der Waals surface area contributed by atoms with Gasteiger partial charge in [-0.3, -0.25) is 9.11 Å².